The van der Waals surface area contributed by atoms with E-state index in [0.717, 1.165) is 12.1 Å². The van der Waals surface area contributed by atoms with Crippen LogP contribution in [-0.2, 0) is 0 Å². The summed E-state index contributed by atoms with van der Waals surface area (Å²) in [5.74, 6) is -5.18. The zero-order chi connectivity index (χ0) is 12.4. The molecule has 0 bridgehead atoms. The van der Waals surface area contributed by atoms with E-state index in [1.165, 1.54) is 12.1 Å². The van der Waals surface area contributed by atoms with Crippen molar-refractivity contribution in [3.05, 3.63) is 53.7 Å². The monoisotopic (exact) mass is 243 g/mol. The fraction of sp³-hybridized carbons (Fsp3) is 0. The Balaban J connectivity index is 2.30. The van der Waals surface area contributed by atoms with Crippen LogP contribution in [0.2, 0.25) is 0 Å². The number of rotatable bonds is 2. The number of aromatic nitrogens is 1. The van der Waals surface area contributed by atoms with Crippen molar-refractivity contribution in [3.8, 4) is 11.6 Å². The van der Waals surface area contributed by atoms with E-state index >= 15 is 0 Å². The van der Waals surface area contributed by atoms with Crippen molar-refractivity contribution in [2.45, 2.75) is 0 Å². The van der Waals surface area contributed by atoms with E-state index in [1.54, 1.807) is 0 Å². The first-order valence-electron chi connectivity index (χ1n) is 4.51. The smallest absolute Gasteiger partial charge is 0.258 e. The number of nitrogens with zero attached hydrogens (tertiary/aromatic N) is 1. The van der Waals surface area contributed by atoms with Crippen LogP contribution in [-0.4, -0.2) is 4.98 Å². The van der Waals surface area contributed by atoms with Gasteiger partial charge in [0.1, 0.15) is 11.6 Å². The van der Waals surface area contributed by atoms with E-state index in [1.807, 2.05) is 0 Å². The highest BCUT2D eigenvalue weighted by Crippen LogP contribution is 2.23. The van der Waals surface area contributed by atoms with Gasteiger partial charge in [-0.2, -0.15) is 9.37 Å². The molecule has 0 saturated carbocycles. The molecule has 0 aliphatic rings. The van der Waals surface area contributed by atoms with Gasteiger partial charge in [0, 0.05) is 6.07 Å². The average Bonchev–Trinajstić information content (AvgIpc) is 2.29. The minimum absolute atomic E-state index is 0.0591. The summed E-state index contributed by atoms with van der Waals surface area (Å²) in [7, 11) is 0. The van der Waals surface area contributed by atoms with Gasteiger partial charge in [0.05, 0.1) is 0 Å². The van der Waals surface area contributed by atoms with E-state index in [0.29, 0.717) is 6.07 Å². The summed E-state index contributed by atoms with van der Waals surface area (Å²) in [4.78, 5) is 2.96. The molecule has 0 N–H and O–H groups in total. The molecule has 0 aliphatic heterocycles. The van der Waals surface area contributed by atoms with Gasteiger partial charge in [0.15, 0.2) is 11.6 Å². The summed E-state index contributed by atoms with van der Waals surface area (Å²) in [5, 5.41) is 0. The van der Waals surface area contributed by atoms with Gasteiger partial charge in [-0.05, 0) is 24.3 Å². The van der Waals surface area contributed by atoms with E-state index in [9.17, 15) is 17.6 Å². The van der Waals surface area contributed by atoms with Crippen LogP contribution in [0.3, 0.4) is 0 Å². The Labute approximate surface area is 93.5 Å². The van der Waals surface area contributed by atoms with Crippen LogP contribution in [0, 0.1) is 23.4 Å². The van der Waals surface area contributed by atoms with Crippen molar-refractivity contribution in [2.75, 3.05) is 0 Å². The van der Waals surface area contributed by atoms with Crippen LogP contribution >= 0.6 is 0 Å². The molecule has 2 rings (SSSR count). The zero-order valence-corrected chi connectivity index (χ0v) is 8.25. The lowest BCUT2D eigenvalue weighted by Crippen LogP contribution is -1.97. The minimum Gasteiger partial charge on any atom is -0.436 e. The minimum atomic E-state index is -1.47. The maximum absolute atomic E-state index is 13.1. The van der Waals surface area contributed by atoms with Gasteiger partial charge in [0.2, 0.25) is 0 Å². The van der Waals surface area contributed by atoms with Crippen molar-refractivity contribution in [1.82, 2.24) is 4.98 Å². The predicted octanol–water partition coefficient (Wildman–Crippen LogP) is 3.43. The molecule has 0 amide bonds. The summed E-state index contributed by atoms with van der Waals surface area (Å²) in [6.45, 7) is 0. The predicted molar refractivity (Wildman–Crippen MR) is 50.6 cm³/mol. The Hall–Kier alpha value is -2.11. The quantitative estimate of drug-likeness (QED) is 0.595. The van der Waals surface area contributed by atoms with Gasteiger partial charge in [-0.3, -0.25) is 0 Å². The van der Waals surface area contributed by atoms with Crippen molar-refractivity contribution >= 4 is 0 Å². The molecular weight excluding hydrogens is 238 g/mol. The fourth-order valence-corrected chi connectivity index (χ4v) is 1.11. The van der Waals surface area contributed by atoms with Crippen LogP contribution < -0.4 is 4.74 Å². The summed E-state index contributed by atoms with van der Waals surface area (Å²) in [5.41, 5.74) is 0. The van der Waals surface area contributed by atoms with Gasteiger partial charge in [-0.15, -0.1) is 0 Å². The number of hydrogen-bond acceptors (Lipinski definition) is 2. The lowest BCUT2D eigenvalue weighted by molar-refractivity contribution is 0.386. The van der Waals surface area contributed by atoms with Gasteiger partial charge in [-0.1, -0.05) is 0 Å². The first-order valence-corrected chi connectivity index (χ1v) is 4.51. The third kappa shape index (κ3) is 2.52. The lowest BCUT2D eigenvalue weighted by Gasteiger charge is -2.05. The fourth-order valence-electron chi connectivity index (χ4n) is 1.11. The van der Waals surface area contributed by atoms with Gasteiger partial charge in [-0.25, -0.2) is 13.2 Å². The van der Waals surface area contributed by atoms with Gasteiger partial charge in [0.25, 0.3) is 11.8 Å². The van der Waals surface area contributed by atoms with Crippen molar-refractivity contribution in [3.63, 3.8) is 0 Å². The lowest BCUT2D eigenvalue weighted by atomic mass is 10.3. The number of ether oxygens (including phenoxy) is 1. The Kier molecular flexibility index (Phi) is 2.95. The maximum atomic E-state index is 13.1. The SMILES string of the molecule is Fc1ccc(Oc2nc(F)c(F)cc2F)cc1. The van der Waals surface area contributed by atoms with Crippen LogP contribution in [0.25, 0.3) is 0 Å². The molecule has 0 spiro atoms. The highest BCUT2D eigenvalue weighted by Gasteiger charge is 2.13. The maximum Gasteiger partial charge on any atom is 0.258 e. The molecular formula is C11H5F4NO. The van der Waals surface area contributed by atoms with E-state index in [-0.39, 0.29) is 5.75 Å². The summed E-state index contributed by atoms with van der Waals surface area (Å²) in [6, 6.07) is 4.89. The average molecular weight is 243 g/mol. The van der Waals surface area contributed by atoms with Gasteiger partial charge >= 0.3 is 0 Å². The zero-order valence-electron chi connectivity index (χ0n) is 8.25. The molecule has 1 aromatic heterocycles. The molecule has 2 aromatic rings. The highest BCUT2D eigenvalue weighted by molar-refractivity contribution is 5.28. The molecule has 0 fully saturated rings. The Morgan fingerprint density at radius 2 is 1.53 bits per heavy atom. The van der Waals surface area contributed by atoms with Crippen LogP contribution in [0.5, 0.6) is 11.6 Å². The molecule has 2 nitrogen and oxygen atoms in total. The largest absolute Gasteiger partial charge is 0.436 e. The normalized spacial score (nSPS) is 10.4. The topological polar surface area (TPSA) is 22.1 Å². The van der Waals surface area contributed by atoms with Crippen molar-refractivity contribution in [2.24, 2.45) is 0 Å². The molecule has 6 heteroatoms. The highest BCUT2D eigenvalue weighted by atomic mass is 19.2. The van der Waals surface area contributed by atoms with E-state index < -0.39 is 29.3 Å². The number of benzene rings is 1. The summed E-state index contributed by atoms with van der Waals surface area (Å²) < 4.78 is 55.8. The molecule has 0 saturated heterocycles. The third-order valence-electron chi connectivity index (χ3n) is 1.88. The number of halogens is 4. The summed E-state index contributed by atoms with van der Waals surface area (Å²) in [6.07, 6.45) is 0. The molecule has 0 atom stereocenters. The second-order valence-corrected chi connectivity index (χ2v) is 3.10. The summed E-state index contributed by atoms with van der Waals surface area (Å²) >= 11 is 0. The van der Waals surface area contributed by atoms with Crippen molar-refractivity contribution in [1.29, 1.82) is 0 Å². The van der Waals surface area contributed by atoms with E-state index in [4.69, 9.17) is 4.74 Å². The third-order valence-corrected chi connectivity index (χ3v) is 1.88. The number of hydrogen-bond donors (Lipinski definition) is 0. The Morgan fingerprint density at radius 3 is 2.18 bits per heavy atom. The molecule has 0 radical (unpaired) electrons. The van der Waals surface area contributed by atoms with Crippen molar-refractivity contribution < 1.29 is 22.3 Å². The van der Waals surface area contributed by atoms with Gasteiger partial charge < -0.3 is 4.74 Å². The molecule has 0 aliphatic carbocycles. The van der Waals surface area contributed by atoms with E-state index in [2.05, 4.69) is 4.98 Å². The first-order chi connectivity index (χ1) is 8.06. The molecule has 17 heavy (non-hydrogen) atoms. The first kappa shape index (κ1) is 11.4. The second kappa shape index (κ2) is 4.40. The Morgan fingerprint density at radius 1 is 0.882 bits per heavy atom. The molecule has 88 valence electrons. The number of pyridine rings is 1. The Bertz CT molecular complexity index is 542. The van der Waals surface area contributed by atoms with Crippen LogP contribution in [0.15, 0.2) is 30.3 Å². The van der Waals surface area contributed by atoms with Crippen LogP contribution in [0.1, 0.15) is 0 Å². The molecule has 1 heterocycles. The molecule has 1 aromatic carbocycles. The molecule has 0 unspecified atom stereocenters. The standard InChI is InChI=1S/C11H5F4NO/c12-6-1-3-7(4-2-6)17-11-9(14)5-8(13)10(15)16-11/h1-5H. The second-order valence-electron chi connectivity index (χ2n) is 3.10. The van der Waals surface area contributed by atoms with Crippen LogP contribution in [0.4, 0.5) is 17.6 Å².